The first kappa shape index (κ1) is 57.5. The van der Waals surface area contributed by atoms with Crippen LogP contribution in [-0.4, -0.2) is 82.1 Å². The van der Waals surface area contributed by atoms with Crippen molar-refractivity contribution in [1.29, 1.82) is 0 Å². The highest BCUT2D eigenvalue weighted by molar-refractivity contribution is 7.90. The van der Waals surface area contributed by atoms with Crippen molar-refractivity contribution in [1.82, 2.24) is 9.80 Å². The van der Waals surface area contributed by atoms with Crippen LogP contribution in [0.25, 0.3) is 0 Å². The Kier molecular flexibility index (Phi) is 28.6. The average Bonchev–Trinajstić information content (AvgIpc) is 3.80. The number of nitrogens with one attached hydrogen (secondary N) is 1. The molecule has 10 nitrogen and oxygen atoms in total. The molecule has 3 rings (SSSR count). The maximum Gasteiger partial charge on any atom is 0.239 e. The number of ether oxygens (including phenoxy) is 2. The van der Waals surface area contributed by atoms with Crippen LogP contribution in [0.2, 0.25) is 0 Å². The first-order chi connectivity index (χ1) is 31.8. The average molecular weight is 958 g/mol. The summed E-state index contributed by atoms with van der Waals surface area (Å²) in [6, 6.07) is 3.75. The Morgan fingerprint density at radius 2 is 1.17 bits per heavy atom. The number of sulfone groups is 1. The number of amides is 1. The molecule has 0 fully saturated rings. The van der Waals surface area contributed by atoms with E-state index in [0.717, 1.165) is 49.7 Å². The summed E-state index contributed by atoms with van der Waals surface area (Å²) in [5, 5.41) is 5.82. The molecule has 12 heteroatoms. The van der Waals surface area contributed by atoms with Gasteiger partial charge in [-0.25, -0.2) is 8.42 Å². The second kappa shape index (κ2) is 32.9. The Bertz CT molecular complexity index is 1790. The highest BCUT2D eigenvalue weighted by atomic mass is 32.2. The number of benzene rings is 1. The normalized spacial score (nSPS) is 15.6. The number of rotatable bonds is 40. The standard InChI is InChI=1S/C54H91N3O7S2/c1-8-11-13-15-17-19-21-23-25-27-29-31-33-44(58)38-47-46-41-65-54(55-52(60)40-56(4)5)53(46)48(39-45(59)34-32-30-28-26-24-22-20-18-16-14-12-9-2)57(47)49(42-66(7,61)62)43-35-36-50(63-6)51(37-43)64-10-3/h35-37,41,47-49H,8-34,38-40,42H2,1-7H3,(H,55,60). The van der Waals surface area contributed by atoms with Crippen LogP contribution in [-0.2, 0) is 24.2 Å². The Labute approximate surface area is 406 Å². The van der Waals surface area contributed by atoms with Crippen LogP contribution in [0.4, 0.5) is 5.00 Å². The van der Waals surface area contributed by atoms with Crippen molar-refractivity contribution < 1.29 is 32.3 Å². The molecule has 66 heavy (non-hydrogen) atoms. The van der Waals surface area contributed by atoms with Gasteiger partial charge < -0.3 is 19.7 Å². The summed E-state index contributed by atoms with van der Waals surface area (Å²) < 4.78 is 38.6. The quantitative estimate of drug-likeness (QED) is 0.0651. The summed E-state index contributed by atoms with van der Waals surface area (Å²) in [6.45, 7) is 6.97. The lowest BCUT2D eigenvalue weighted by Gasteiger charge is -2.38. The van der Waals surface area contributed by atoms with E-state index >= 15 is 0 Å². The molecule has 1 aliphatic heterocycles. The molecule has 3 unspecified atom stereocenters. The first-order valence-electron chi connectivity index (χ1n) is 26.2. The third-order valence-corrected chi connectivity index (χ3v) is 15.0. The van der Waals surface area contributed by atoms with Crippen molar-refractivity contribution in [3.05, 3.63) is 40.3 Å². The van der Waals surface area contributed by atoms with E-state index in [0.29, 0.717) is 41.5 Å². The highest BCUT2D eigenvalue weighted by Crippen LogP contribution is 2.55. The number of thiophene rings is 1. The van der Waals surface area contributed by atoms with Gasteiger partial charge in [0.2, 0.25) is 5.91 Å². The minimum absolute atomic E-state index is 0.103. The van der Waals surface area contributed by atoms with E-state index in [1.165, 1.54) is 133 Å². The number of carbonyl (C=O) groups excluding carboxylic acids is 3. The van der Waals surface area contributed by atoms with E-state index in [9.17, 15) is 22.8 Å². The molecule has 1 aliphatic rings. The number of methoxy groups -OCH3 is 1. The lowest BCUT2D eigenvalue weighted by atomic mass is 9.97. The second-order valence-electron chi connectivity index (χ2n) is 19.4. The van der Waals surface area contributed by atoms with Gasteiger partial charge >= 0.3 is 0 Å². The molecular formula is C54H91N3O7S2. The van der Waals surface area contributed by atoms with Gasteiger partial charge in [0.1, 0.15) is 26.4 Å². The number of anilines is 1. The summed E-state index contributed by atoms with van der Waals surface area (Å²) in [6.07, 6.45) is 31.5. The van der Waals surface area contributed by atoms with E-state index in [-0.39, 0.29) is 42.6 Å². The molecule has 0 saturated heterocycles. The van der Waals surface area contributed by atoms with Crippen LogP contribution in [0.15, 0.2) is 23.6 Å². The number of nitrogens with zero attached hydrogens (tertiary/aromatic N) is 2. The van der Waals surface area contributed by atoms with Crippen molar-refractivity contribution in [2.45, 2.75) is 219 Å². The molecule has 2 heterocycles. The molecule has 376 valence electrons. The second-order valence-corrected chi connectivity index (χ2v) is 22.5. The number of hydrogen-bond acceptors (Lipinski definition) is 10. The smallest absolute Gasteiger partial charge is 0.239 e. The van der Waals surface area contributed by atoms with Crippen molar-refractivity contribution in [2.24, 2.45) is 0 Å². The Hall–Kier alpha value is -2.80. The summed E-state index contributed by atoms with van der Waals surface area (Å²) >= 11 is 1.43. The van der Waals surface area contributed by atoms with Crippen LogP contribution in [0.1, 0.15) is 235 Å². The van der Waals surface area contributed by atoms with E-state index in [2.05, 4.69) is 24.1 Å². The van der Waals surface area contributed by atoms with Gasteiger partial charge in [-0.15, -0.1) is 11.3 Å². The summed E-state index contributed by atoms with van der Waals surface area (Å²) in [4.78, 5) is 45.7. The molecule has 3 atom stereocenters. The van der Waals surface area contributed by atoms with Crippen molar-refractivity contribution in [3.8, 4) is 11.5 Å². The van der Waals surface area contributed by atoms with E-state index in [4.69, 9.17) is 9.47 Å². The fourth-order valence-corrected chi connectivity index (χ4v) is 11.7. The minimum atomic E-state index is -3.59. The fourth-order valence-electron chi connectivity index (χ4n) is 9.69. The van der Waals surface area contributed by atoms with E-state index in [1.54, 1.807) is 13.2 Å². The molecule has 1 aromatic heterocycles. The third-order valence-electron chi connectivity index (χ3n) is 13.1. The topological polar surface area (TPSA) is 122 Å². The number of carbonyl (C=O) groups is 3. The van der Waals surface area contributed by atoms with E-state index < -0.39 is 28.0 Å². The van der Waals surface area contributed by atoms with Gasteiger partial charge in [0.15, 0.2) is 11.5 Å². The minimum Gasteiger partial charge on any atom is -0.493 e. The summed E-state index contributed by atoms with van der Waals surface area (Å²) in [5.41, 5.74) is 2.42. The number of fused-ring (bicyclic) bond motifs is 1. The molecule has 1 amide bonds. The molecular weight excluding hydrogens is 867 g/mol. The molecule has 0 radical (unpaired) electrons. The predicted molar refractivity (Wildman–Crippen MR) is 276 cm³/mol. The van der Waals surface area contributed by atoms with Gasteiger partial charge in [-0.3, -0.25) is 19.3 Å². The number of unbranched alkanes of at least 4 members (excludes halogenated alkanes) is 22. The molecule has 0 bridgehead atoms. The molecule has 2 aromatic rings. The largest absolute Gasteiger partial charge is 0.493 e. The summed E-state index contributed by atoms with van der Waals surface area (Å²) in [5.74, 6) is 0.861. The van der Waals surface area contributed by atoms with Crippen molar-refractivity contribution in [2.75, 3.05) is 51.7 Å². The van der Waals surface area contributed by atoms with Gasteiger partial charge in [-0.1, -0.05) is 161 Å². The lowest BCUT2D eigenvalue weighted by Crippen LogP contribution is -2.37. The zero-order valence-electron chi connectivity index (χ0n) is 42.5. The van der Waals surface area contributed by atoms with Crippen LogP contribution in [0.5, 0.6) is 11.5 Å². The predicted octanol–water partition coefficient (Wildman–Crippen LogP) is 13.9. The van der Waals surface area contributed by atoms with Crippen LogP contribution >= 0.6 is 11.3 Å². The highest BCUT2D eigenvalue weighted by Gasteiger charge is 2.47. The SMILES string of the molecule is CCCCCCCCCCCCCCC(=O)CC1c2csc(NC(=O)CN(C)C)c2C(CC(=O)CCCCCCCCCCCCCC)N1C(CS(C)(=O)=O)c1ccc(OC)c(OCC)c1. The third kappa shape index (κ3) is 21.7. The Morgan fingerprint density at radius 3 is 1.61 bits per heavy atom. The zero-order chi connectivity index (χ0) is 48.2. The number of Topliss-reactive ketones (excluding diaryl/α,β-unsaturated/α-hetero) is 2. The molecule has 0 aliphatic carbocycles. The van der Waals surface area contributed by atoms with Crippen LogP contribution in [0.3, 0.4) is 0 Å². The lowest BCUT2D eigenvalue weighted by molar-refractivity contribution is -0.121. The Morgan fingerprint density at radius 1 is 0.697 bits per heavy atom. The van der Waals surface area contributed by atoms with Gasteiger partial charge in [-0.05, 0) is 62.5 Å². The van der Waals surface area contributed by atoms with Gasteiger partial charge in [-0.2, -0.15) is 0 Å². The van der Waals surface area contributed by atoms with Gasteiger partial charge in [0.05, 0.1) is 32.1 Å². The molecule has 1 N–H and O–H groups in total. The number of ketones is 2. The molecule has 0 saturated carbocycles. The van der Waals surface area contributed by atoms with Gasteiger partial charge in [0, 0.05) is 49.6 Å². The maximum absolute atomic E-state index is 14.2. The van der Waals surface area contributed by atoms with Crippen LogP contribution in [0, 0.1) is 0 Å². The van der Waals surface area contributed by atoms with Gasteiger partial charge in [0.25, 0.3) is 0 Å². The maximum atomic E-state index is 14.2. The Balaban J connectivity index is 1.88. The number of hydrogen-bond donors (Lipinski definition) is 1. The fraction of sp³-hybridized carbons (Fsp3) is 0.759. The molecule has 0 spiro atoms. The van der Waals surface area contributed by atoms with E-state index in [1.807, 2.05) is 43.4 Å². The monoisotopic (exact) mass is 958 g/mol. The van der Waals surface area contributed by atoms with Crippen LogP contribution < -0.4 is 14.8 Å². The van der Waals surface area contributed by atoms with Crippen molar-refractivity contribution >= 4 is 43.6 Å². The van der Waals surface area contributed by atoms with Crippen molar-refractivity contribution in [3.63, 3.8) is 0 Å². The zero-order valence-corrected chi connectivity index (χ0v) is 44.2. The number of likely N-dealkylation sites (N-methyl/N-ethyl adjacent to an activating group) is 1. The molecule has 1 aromatic carbocycles. The summed E-state index contributed by atoms with van der Waals surface area (Å²) in [7, 11) is 1.67. The first-order valence-corrected chi connectivity index (χ1v) is 29.1.